The summed E-state index contributed by atoms with van der Waals surface area (Å²) in [5, 5.41) is 2.70. The van der Waals surface area contributed by atoms with Gasteiger partial charge in [-0.25, -0.2) is 4.79 Å². The molecule has 2 rings (SSSR count). The summed E-state index contributed by atoms with van der Waals surface area (Å²) in [6, 6.07) is 14.2. The van der Waals surface area contributed by atoms with Gasteiger partial charge < -0.3 is 14.8 Å². The summed E-state index contributed by atoms with van der Waals surface area (Å²) in [4.78, 5) is 24.0. The molecule has 2 aromatic carbocycles. The summed E-state index contributed by atoms with van der Waals surface area (Å²) in [6.45, 7) is 4.54. The van der Waals surface area contributed by atoms with Gasteiger partial charge in [-0.3, -0.25) is 4.79 Å². The number of hydrogen-bond donors (Lipinski definition) is 1. The van der Waals surface area contributed by atoms with E-state index in [9.17, 15) is 9.59 Å². The standard InChI is InChI=1S/C20H21NO4/c1-3-24-16-12-9-15(10-13-16)11-14-19(22)21-18-8-6-5-7-17(18)20(23)25-4-2/h5-14H,3-4H2,1-2H3,(H,21,22)/b14-11+. The summed E-state index contributed by atoms with van der Waals surface area (Å²) in [5.41, 5.74) is 1.62. The number of para-hydroxylation sites is 1. The van der Waals surface area contributed by atoms with Crippen LogP contribution in [0.3, 0.4) is 0 Å². The molecule has 0 aromatic heterocycles. The van der Waals surface area contributed by atoms with Gasteiger partial charge in [-0.2, -0.15) is 0 Å². The zero-order chi connectivity index (χ0) is 18.1. The number of nitrogens with one attached hydrogen (secondary N) is 1. The van der Waals surface area contributed by atoms with Gasteiger partial charge in [0.2, 0.25) is 5.91 Å². The maximum atomic E-state index is 12.1. The molecule has 0 unspecified atom stereocenters. The van der Waals surface area contributed by atoms with E-state index >= 15 is 0 Å². The second kappa shape index (κ2) is 9.27. The van der Waals surface area contributed by atoms with Gasteiger partial charge in [0.15, 0.2) is 0 Å². The van der Waals surface area contributed by atoms with Crippen molar-refractivity contribution in [2.45, 2.75) is 13.8 Å². The SMILES string of the molecule is CCOC(=O)c1ccccc1NC(=O)/C=C/c1ccc(OCC)cc1. The van der Waals surface area contributed by atoms with Crippen molar-refractivity contribution in [2.75, 3.05) is 18.5 Å². The van der Waals surface area contributed by atoms with Gasteiger partial charge in [0, 0.05) is 6.08 Å². The third kappa shape index (κ3) is 5.49. The third-order valence-corrected chi connectivity index (χ3v) is 3.30. The summed E-state index contributed by atoms with van der Waals surface area (Å²) >= 11 is 0. The first kappa shape index (κ1) is 18.3. The van der Waals surface area contributed by atoms with Gasteiger partial charge in [0.1, 0.15) is 5.75 Å². The molecule has 0 heterocycles. The predicted molar refractivity (Wildman–Crippen MR) is 97.7 cm³/mol. The van der Waals surface area contributed by atoms with E-state index in [-0.39, 0.29) is 12.5 Å². The number of carbonyl (C=O) groups excluding carboxylic acids is 2. The van der Waals surface area contributed by atoms with Crippen molar-refractivity contribution in [3.8, 4) is 5.75 Å². The van der Waals surface area contributed by atoms with E-state index in [0.29, 0.717) is 17.9 Å². The first-order valence-electron chi connectivity index (χ1n) is 8.12. The molecule has 5 nitrogen and oxygen atoms in total. The Hall–Kier alpha value is -3.08. The van der Waals surface area contributed by atoms with E-state index in [2.05, 4.69) is 5.32 Å². The Kier molecular flexibility index (Phi) is 6.77. The summed E-state index contributed by atoms with van der Waals surface area (Å²) < 4.78 is 10.4. The molecule has 25 heavy (non-hydrogen) atoms. The summed E-state index contributed by atoms with van der Waals surface area (Å²) in [7, 11) is 0. The van der Waals surface area contributed by atoms with Crippen LogP contribution in [0.1, 0.15) is 29.8 Å². The maximum absolute atomic E-state index is 12.1. The van der Waals surface area contributed by atoms with E-state index < -0.39 is 5.97 Å². The molecule has 1 amide bonds. The van der Waals surface area contributed by atoms with Crippen molar-refractivity contribution in [1.82, 2.24) is 0 Å². The van der Waals surface area contributed by atoms with Crippen molar-refractivity contribution < 1.29 is 19.1 Å². The highest BCUT2D eigenvalue weighted by Crippen LogP contribution is 2.17. The molecule has 0 aliphatic rings. The molecular formula is C20H21NO4. The highest BCUT2D eigenvalue weighted by atomic mass is 16.5. The van der Waals surface area contributed by atoms with Crippen LogP contribution in [0.2, 0.25) is 0 Å². The van der Waals surface area contributed by atoms with Crippen molar-refractivity contribution in [3.05, 3.63) is 65.7 Å². The van der Waals surface area contributed by atoms with Crippen LogP contribution in [-0.2, 0) is 9.53 Å². The lowest BCUT2D eigenvalue weighted by Gasteiger charge is -2.08. The Bertz CT molecular complexity index is 751. The van der Waals surface area contributed by atoms with Crippen LogP contribution in [-0.4, -0.2) is 25.1 Å². The fourth-order valence-corrected chi connectivity index (χ4v) is 2.17. The molecule has 5 heteroatoms. The molecule has 130 valence electrons. The lowest BCUT2D eigenvalue weighted by atomic mass is 10.1. The van der Waals surface area contributed by atoms with Crippen LogP contribution in [0, 0.1) is 0 Å². The Morgan fingerprint density at radius 1 is 1.00 bits per heavy atom. The molecule has 2 aromatic rings. The van der Waals surface area contributed by atoms with Crippen molar-refractivity contribution in [3.63, 3.8) is 0 Å². The number of carbonyl (C=O) groups is 2. The average molecular weight is 339 g/mol. The normalized spacial score (nSPS) is 10.5. The molecule has 0 atom stereocenters. The number of benzene rings is 2. The summed E-state index contributed by atoms with van der Waals surface area (Å²) in [6.07, 6.45) is 3.11. The number of esters is 1. The largest absolute Gasteiger partial charge is 0.494 e. The van der Waals surface area contributed by atoms with Gasteiger partial charge in [0.05, 0.1) is 24.5 Å². The molecule has 0 radical (unpaired) electrons. The maximum Gasteiger partial charge on any atom is 0.340 e. The molecular weight excluding hydrogens is 318 g/mol. The Balaban J connectivity index is 2.04. The summed E-state index contributed by atoms with van der Waals surface area (Å²) in [5.74, 6) is -0.00742. The second-order valence-corrected chi connectivity index (χ2v) is 5.09. The van der Waals surface area contributed by atoms with E-state index in [4.69, 9.17) is 9.47 Å². The fraction of sp³-hybridized carbons (Fsp3) is 0.200. The zero-order valence-electron chi connectivity index (χ0n) is 14.3. The topological polar surface area (TPSA) is 64.6 Å². The number of hydrogen-bond acceptors (Lipinski definition) is 4. The minimum atomic E-state index is -0.464. The van der Waals surface area contributed by atoms with Gasteiger partial charge >= 0.3 is 5.97 Å². The van der Waals surface area contributed by atoms with Crippen LogP contribution in [0.15, 0.2) is 54.6 Å². The minimum Gasteiger partial charge on any atom is -0.494 e. The zero-order valence-corrected chi connectivity index (χ0v) is 14.3. The van der Waals surface area contributed by atoms with Crippen molar-refractivity contribution in [1.29, 1.82) is 0 Å². The molecule has 0 aliphatic carbocycles. The number of rotatable bonds is 7. The van der Waals surface area contributed by atoms with Crippen molar-refractivity contribution in [2.24, 2.45) is 0 Å². The van der Waals surface area contributed by atoms with Gasteiger partial charge in [-0.1, -0.05) is 24.3 Å². The first-order chi connectivity index (χ1) is 12.1. The van der Waals surface area contributed by atoms with Gasteiger partial charge in [-0.05, 0) is 49.8 Å². The van der Waals surface area contributed by atoms with Crippen LogP contribution >= 0.6 is 0 Å². The molecule has 0 saturated heterocycles. The molecule has 0 saturated carbocycles. The van der Waals surface area contributed by atoms with Gasteiger partial charge in [0.25, 0.3) is 0 Å². The van der Waals surface area contributed by atoms with E-state index in [1.807, 2.05) is 31.2 Å². The van der Waals surface area contributed by atoms with E-state index in [1.54, 1.807) is 37.3 Å². The molecule has 0 aliphatic heterocycles. The Labute approximate surface area is 147 Å². The van der Waals surface area contributed by atoms with Crippen molar-refractivity contribution >= 4 is 23.6 Å². The quantitative estimate of drug-likeness (QED) is 0.613. The first-order valence-corrected chi connectivity index (χ1v) is 8.12. The molecule has 0 bridgehead atoms. The average Bonchev–Trinajstić information content (AvgIpc) is 2.62. The monoisotopic (exact) mass is 339 g/mol. The van der Waals surface area contributed by atoms with Crippen LogP contribution in [0.5, 0.6) is 5.75 Å². The minimum absolute atomic E-state index is 0.277. The number of amides is 1. The second-order valence-electron chi connectivity index (χ2n) is 5.09. The number of anilines is 1. The molecule has 1 N–H and O–H groups in total. The van der Waals surface area contributed by atoms with Crippen LogP contribution < -0.4 is 10.1 Å². The predicted octanol–water partition coefficient (Wildman–Crippen LogP) is 3.91. The highest BCUT2D eigenvalue weighted by Gasteiger charge is 2.12. The Morgan fingerprint density at radius 3 is 2.40 bits per heavy atom. The molecule has 0 spiro atoms. The molecule has 0 fully saturated rings. The fourth-order valence-electron chi connectivity index (χ4n) is 2.17. The van der Waals surface area contributed by atoms with Crippen LogP contribution in [0.4, 0.5) is 5.69 Å². The van der Waals surface area contributed by atoms with E-state index in [0.717, 1.165) is 11.3 Å². The smallest absolute Gasteiger partial charge is 0.340 e. The number of ether oxygens (including phenoxy) is 2. The third-order valence-electron chi connectivity index (χ3n) is 3.30. The lowest BCUT2D eigenvalue weighted by Crippen LogP contribution is -2.13. The highest BCUT2D eigenvalue weighted by molar-refractivity contribution is 6.06. The lowest BCUT2D eigenvalue weighted by molar-refractivity contribution is -0.111. The van der Waals surface area contributed by atoms with E-state index in [1.165, 1.54) is 6.08 Å². The van der Waals surface area contributed by atoms with Gasteiger partial charge in [-0.15, -0.1) is 0 Å². The Morgan fingerprint density at radius 2 is 1.72 bits per heavy atom. The van der Waals surface area contributed by atoms with Crippen LogP contribution in [0.25, 0.3) is 6.08 Å².